The fourth-order valence-electron chi connectivity index (χ4n) is 4.08. The molecule has 1 aliphatic heterocycles. The Morgan fingerprint density at radius 1 is 1.15 bits per heavy atom. The molecule has 2 aromatic carbocycles. The van der Waals surface area contributed by atoms with Gasteiger partial charge in [-0.05, 0) is 36.2 Å². The molecule has 1 aliphatic rings. The molecule has 4 aromatic rings. The van der Waals surface area contributed by atoms with Gasteiger partial charge in [0.05, 0.1) is 35.8 Å². The molecule has 0 radical (unpaired) electrons. The first-order chi connectivity index (χ1) is 15.8. The highest BCUT2D eigenvalue weighted by atomic mass is 31.2. The highest BCUT2D eigenvalue weighted by Crippen LogP contribution is 2.40. The molecule has 3 heterocycles. The van der Waals surface area contributed by atoms with Crippen molar-refractivity contribution in [2.45, 2.75) is 19.5 Å². The van der Waals surface area contributed by atoms with Crippen molar-refractivity contribution in [3.63, 3.8) is 0 Å². The lowest BCUT2D eigenvalue weighted by Crippen LogP contribution is -2.25. The Morgan fingerprint density at radius 3 is 2.70 bits per heavy atom. The second-order valence-corrected chi connectivity index (χ2v) is 9.15. The average molecular weight is 477 g/mol. The zero-order valence-corrected chi connectivity index (χ0v) is 18.0. The molecule has 5 rings (SSSR count). The van der Waals surface area contributed by atoms with Gasteiger partial charge in [0.15, 0.2) is 11.5 Å². The molecule has 12 heteroatoms. The molecule has 0 saturated carbocycles. The first-order valence-corrected chi connectivity index (χ1v) is 11.6. The van der Waals surface area contributed by atoms with Crippen LogP contribution in [0.5, 0.6) is 11.5 Å². The average Bonchev–Trinajstić information content (AvgIpc) is 3.35. The fraction of sp³-hybridized carbons (Fsp3) is 0.238. The number of aromatic nitrogens is 3. The number of benzene rings is 2. The maximum absolute atomic E-state index is 14.4. The van der Waals surface area contributed by atoms with Crippen LogP contribution in [0.1, 0.15) is 12.0 Å². The zero-order valence-electron chi connectivity index (χ0n) is 17.1. The van der Waals surface area contributed by atoms with Gasteiger partial charge >= 0.3 is 13.3 Å². The SMILES string of the molecule is O=c1n(CCCF)c2cnc3c4c(ccc3c2n1Cc1ccc(P(=O)(O)O)c(F)c1)OCO4. The van der Waals surface area contributed by atoms with Crippen LogP contribution in [0.4, 0.5) is 8.78 Å². The number of fused-ring (bicyclic) bond motifs is 5. The lowest BCUT2D eigenvalue weighted by molar-refractivity contribution is 0.174. The largest absolute Gasteiger partial charge is 0.454 e. The Labute approximate surface area is 185 Å². The van der Waals surface area contributed by atoms with Crippen LogP contribution < -0.4 is 20.5 Å². The minimum atomic E-state index is -4.77. The van der Waals surface area contributed by atoms with Crippen molar-refractivity contribution in [1.82, 2.24) is 14.1 Å². The van der Waals surface area contributed by atoms with E-state index >= 15 is 0 Å². The first kappa shape index (κ1) is 21.6. The standard InChI is InChI=1S/C21H18F2N3O6P/c22-6-1-7-25-15-9-24-18-13(3-4-16-20(18)32-11-31-16)19(15)26(21(25)27)10-12-2-5-17(14(23)8-12)33(28,29)30/h2-5,8-9H,1,6-7,10-11H2,(H2,28,29,30). The summed E-state index contributed by atoms with van der Waals surface area (Å²) in [5.41, 5.74) is 1.35. The molecule has 0 aliphatic carbocycles. The number of hydrogen-bond donors (Lipinski definition) is 2. The van der Waals surface area contributed by atoms with Crippen molar-refractivity contribution < 1.29 is 32.6 Å². The summed E-state index contributed by atoms with van der Waals surface area (Å²) in [6.07, 6.45) is 1.64. The Morgan fingerprint density at radius 2 is 1.97 bits per heavy atom. The third kappa shape index (κ3) is 3.58. The number of ether oxygens (including phenoxy) is 2. The topological polar surface area (TPSA) is 116 Å². The van der Waals surface area contributed by atoms with Crippen LogP contribution in [0.2, 0.25) is 0 Å². The van der Waals surface area contributed by atoms with E-state index in [4.69, 9.17) is 9.47 Å². The molecule has 0 amide bonds. The van der Waals surface area contributed by atoms with E-state index in [1.54, 1.807) is 12.1 Å². The smallest absolute Gasteiger partial charge is 0.359 e. The summed E-state index contributed by atoms with van der Waals surface area (Å²) in [4.78, 5) is 36.3. The molecule has 0 fully saturated rings. The molecule has 0 atom stereocenters. The second-order valence-electron chi connectivity index (χ2n) is 7.58. The van der Waals surface area contributed by atoms with Gasteiger partial charge in [-0.15, -0.1) is 0 Å². The van der Waals surface area contributed by atoms with E-state index in [0.717, 1.165) is 12.1 Å². The second kappa shape index (κ2) is 7.95. The van der Waals surface area contributed by atoms with Gasteiger partial charge in [-0.2, -0.15) is 0 Å². The van der Waals surface area contributed by atoms with E-state index in [9.17, 15) is 27.9 Å². The summed E-state index contributed by atoms with van der Waals surface area (Å²) in [6.45, 7) is -0.510. The van der Waals surface area contributed by atoms with Crippen molar-refractivity contribution in [2.75, 3.05) is 13.5 Å². The number of hydrogen-bond acceptors (Lipinski definition) is 5. The van der Waals surface area contributed by atoms with E-state index in [-0.39, 0.29) is 26.3 Å². The van der Waals surface area contributed by atoms with Crippen LogP contribution in [-0.4, -0.2) is 37.4 Å². The molecule has 0 unspecified atom stereocenters. The zero-order chi connectivity index (χ0) is 23.3. The predicted octanol–water partition coefficient (Wildman–Crippen LogP) is 2.43. The maximum Gasteiger partial charge on any atom is 0.359 e. The lowest BCUT2D eigenvalue weighted by atomic mass is 10.1. The monoisotopic (exact) mass is 477 g/mol. The Hall–Kier alpha value is -3.27. The highest BCUT2D eigenvalue weighted by Gasteiger charge is 2.24. The number of imidazole rings is 1. The number of nitrogens with zero attached hydrogens (tertiary/aromatic N) is 3. The van der Waals surface area contributed by atoms with Gasteiger partial charge in [0, 0.05) is 11.9 Å². The number of pyridine rings is 1. The van der Waals surface area contributed by atoms with Crippen LogP contribution in [0.25, 0.3) is 21.9 Å². The van der Waals surface area contributed by atoms with E-state index in [1.165, 1.54) is 21.4 Å². The van der Waals surface area contributed by atoms with Crippen LogP contribution in [-0.2, 0) is 17.7 Å². The van der Waals surface area contributed by atoms with Crippen molar-refractivity contribution in [2.24, 2.45) is 0 Å². The van der Waals surface area contributed by atoms with Crippen LogP contribution >= 0.6 is 7.60 Å². The van der Waals surface area contributed by atoms with Crippen molar-refractivity contribution >= 4 is 34.8 Å². The normalized spacial score (nSPS) is 13.3. The van der Waals surface area contributed by atoms with Gasteiger partial charge in [-0.3, -0.25) is 18.1 Å². The molecule has 0 saturated heterocycles. The number of alkyl halides is 1. The van der Waals surface area contributed by atoms with E-state index in [2.05, 4.69) is 4.98 Å². The number of halogens is 2. The molecular formula is C21H18F2N3O6P. The molecule has 2 aromatic heterocycles. The van der Waals surface area contributed by atoms with Gasteiger partial charge < -0.3 is 19.3 Å². The van der Waals surface area contributed by atoms with Crippen LogP contribution in [0.3, 0.4) is 0 Å². The molecule has 33 heavy (non-hydrogen) atoms. The Balaban J connectivity index is 1.72. The Kier molecular flexibility index (Phi) is 5.19. The van der Waals surface area contributed by atoms with E-state index in [1.807, 2.05) is 0 Å². The summed E-state index contributed by atoms with van der Waals surface area (Å²) < 4.78 is 52.4. The first-order valence-electron chi connectivity index (χ1n) is 10.0. The quantitative estimate of drug-likeness (QED) is 0.410. The van der Waals surface area contributed by atoms with E-state index < -0.39 is 31.1 Å². The van der Waals surface area contributed by atoms with Crippen molar-refractivity contribution in [3.05, 3.63) is 58.4 Å². The lowest BCUT2D eigenvalue weighted by Gasteiger charge is -2.10. The summed E-state index contributed by atoms with van der Waals surface area (Å²) in [6, 6.07) is 6.80. The highest BCUT2D eigenvalue weighted by molar-refractivity contribution is 7.60. The van der Waals surface area contributed by atoms with Gasteiger partial charge in [0.1, 0.15) is 11.3 Å². The van der Waals surface area contributed by atoms with Crippen LogP contribution in [0.15, 0.2) is 41.3 Å². The molecule has 2 N–H and O–H groups in total. The van der Waals surface area contributed by atoms with E-state index in [0.29, 0.717) is 39.0 Å². The Bertz CT molecular complexity index is 1510. The third-order valence-corrected chi connectivity index (χ3v) is 6.52. The summed E-state index contributed by atoms with van der Waals surface area (Å²) in [5, 5.41) is -0.119. The third-order valence-electron chi connectivity index (χ3n) is 5.53. The van der Waals surface area contributed by atoms with Gasteiger partial charge in [0.25, 0.3) is 0 Å². The molecular weight excluding hydrogens is 459 g/mol. The maximum atomic E-state index is 14.4. The number of aryl methyl sites for hydroxylation is 1. The molecule has 172 valence electrons. The van der Waals surface area contributed by atoms with Crippen molar-refractivity contribution in [1.29, 1.82) is 0 Å². The van der Waals surface area contributed by atoms with Gasteiger partial charge in [0.2, 0.25) is 6.79 Å². The molecule has 0 bridgehead atoms. The van der Waals surface area contributed by atoms with Crippen molar-refractivity contribution in [3.8, 4) is 11.5 Å². The van der Waals surface area contributed by atoms with Gasteiger partial charge in [-0.1, -0.05) is 6.07 Å². The van der Waals surface area contributed by atoms with Crippen LogP contribution in [0, 0.1) is 5.82 Å². The minimum Gasteiger partial charge on any atom is -0.454 e. The van der Waals surface area contributed by atoms with Gasteiger partial charge in [-0.25, -0.2) is 14.2 Å². The molecule has 9 nitrogen and oxygen atoms in total. The predicted molar refractivity (Wildman–Crippen MR) is 115 cm³/mol. The summed E-state index contributed by atoms with van der Waals surface area (Å²) >= 11 is 0. The fourth-order valence-corrected chi connectivity index (χ4v) is 4.69. The number of rotatable bonds is 6. The minimum absolute atomic E-state index is 0.0453. The molecule has 0 spiro atoms. The summed E-state index contributed by atoms with van der Waals surface area (Å²) in [5.74, 6) is -0.0953. The summed E-state index contributed by atoms with van der Waals surface area (Å²) in [7, 11) is -4.77.